The van der Waals surface area contributed by atoms with Crippen molar-refractivity contribution in [3.8, 4) is 5.75 Å². The zero-order valence-electron chi connectivity index (χ0n) is 20.2. The number of aryl methyl sites for hydroxylation is 1. The first-order valence-electron chi connectivity index (χ1n) is 13.5. The van der Waals surface area contributed by atoms with Crippen LogP contribution in [-0.2, 0) is 11.2 Å². The van der Waals surface area contributed by atoms with E-state index in [1.54, 1.807) is 0 Å². The molecule has 0 N–H and O–H groups in total. The second-order valence-electron chi connectivity index (χ2n) is 10.4. The van der Waals surface area contributed by atoms with Crippen LogP contribution in [0.3, 0.4) is 0 Å². The molecule has 0 aliphatic heterocycles. The van der Waals surface area contributed by atoms with Crippen LogP contribution in [0, 0.1) is 23.7 Å². The molecule has 3 rings (SSSR count). The molecule has 31 heavy (non-hydrogen) atoms. The largest absolute Gasteiger partial charge is 0.426 e. The van der Waals surface area contributed by atoms with Gasteiger partial charge in [0.05, 0.1) is 5.92 Å². The molecule has 0 saturated heterocycles. The number of unbranched alkanes of at least 4 members (excludes halogenated alkanes) is 6. The number of ether oxygens (including phenoxy) is 1. The maximum Gasteiger partial charge on any atom is 0.314 e. The lowest BCUT2D eigenvalue weighted by Crippen LogP contribution is -2.35. The van der Waals surface area contributed by atoms with Crippen molar-refractivity contribution in [3.63, 3.8) is 0 Å². The summed E-state index contributed by atoms with van der Waals surface area (Å²) in [5.41, 5.74) is 1.34. The molecule has 0 radical (unpaired) electrons. The van der Waals surface area contributed by atoms with Crippen molar-refractivity contribution in [2.45, 2.75) is 117 Å². The second-order valence-corrected chi connectivity index (χ2v) is 10.4. The van der Waals surface area contributed by atoms with E-state index in [9.17, 15) is 4.79 Å². The molecule has 2 saturated carbocycles. The van der Waals surface area contributed by atoms with Crippen molar-refractivity contribution in [3.05, 3.63) is 29.8 Å². The highest BCUT2D eigenvalue weighted by molar-refractivity contribution is 5.75. The molecular weight excluding hydrogens is 380 g/mol. The molecule has 2 nitrogen and oxygen atoms in total. The number of esters is 1. The highest BCUT2D eigenvalue weighted by Gasteiger charge is 2.38. The Bertz CT molecular complexity index is 635. The molecule has 0 amide bonds. The molecule has 0 spiro atoms. The second kappa shape index (κ2) is 13.3. The average Bonchev–Trinajstić information content (AvgIpc) is 2.80. The van der Waals surface area contributed by atoms with E-state index in [4.69, 9.17) is 4.74 Å². The van der Waals surface area contributed by atoms with E-state index >= 15 is 0 Å². The fourth-order valence-electron chi connectivity index (χ4n) is 6.00. The van der Waals surface area contributed by atoms with Gasteiger partial charge in [0.15, 0.2) is 0 Å². The van der Waals surface area contributed by atoms with Crippen molar-refractivity contribution in [2.24, 2.45) is 23.7 Å². The summed E-state index contributed by atoms with van der Waals surface area (Å²) in [6.45, 7) is 4.52. The highest BCUT2D eigenvalue weighted by Crippen LogP contribution is 2.46. The molecule has 2 unspecified atom stereocenters. The van der Waals surface area contributed by atoms with Gasteiger partial charge in [-0.25, -0.2) is 0 Å². The number of rotatable bonds is 12. The van der Waals surface area contributed by atoms with E-state index in [-0.39, 0.29) is 11.9 Å². The molecule has 4 atom stereocenters. The minimum Gasteiger partial charge on any atom is -0.426 e. The Balaban J connectivity index is 1.38. The average molecular weight is 427 g/mol. The van der Waals surface area contributed by atoms with Crippen molar-refractivity contribution in [1.29, 1.82) is 0 Å². The fourth-order valence-corrected chi connectivity index (χ4v) is 6.00. The third-order valence-electron chi connectivity index (χ3n) is 7.98. The minimum absolute atomic E-state index is 0.00947. The first-order valence-corrected chi connectivity index (χ1v) is 13.5. The van der Waals surface area contributed by atoms with E-state index in [0.29, 0.717) is 0 Å². The number of fused-ring (bicyclic) bond motifs is 1. The van der Waals surface area contributed by atoms with Crippen LogP contribution in [0.2, 0.25) is 0 Å². The van der Waals surface area contributed by atoms with E-state index in [2.05, 4.69) is 26.0 Å². The smallest absolute Gasteiger partial charge is 0.314 e. The Labute approximate surface area is 191 Å². The van der Waals surface area contributed by atoms with E-state index in [0.717, 1.165) is 42.8 Å². The lowest BCUT2D eigenvalue weighted by atomic mass is 9.64. The van der Waals surface area contributed by atoms with Gasteiger partial charge < -0.3 is 4.74 Å². The number of hydrogen-bond acceptors (Lipinski definition) is 2. The van der Waals surface area contributed by atoms with Gasteiger partial charge in [0, 0.05) is 0 Å². The standard InChI is InChI=1S/C29H46O2/c1-3-5-7-8-10-12-24-13-16-26-22-27(18-17-25(26)21-24)29(30)31-28-19-14-23(15-20-28)11-9-6-4-2/h14-15,19-20,24-27H,3-13,16-18,21-22H2,1-2H3/t24?,25-,26?,27-/m1/s1. The summed E-state index contributed by atoms with van der Waals surface area (Å²) >= 11 is 0. The van der Waals surface area contributed by atoms with Gasteiger partial charge in [-0.2, -0.15) is 0 Å². The van der Waals surface area contributed by atoms with Gasteiger partial charge in [0.25, 0.3) is 0 Å². The van der Waals surface area contributed by atoms with Gasteiger partial charge >= 0.3 is 5.97 Å². The van der Waals surface area contributed by atoms with Crippen LogP contribution in [0.15, 0.2) is 24.3 Å². The predicted octanol–water partition coefficient (Wildman–Crippen LogP) is 8.52. The maximum atomic E-state index is 12.8. The van der Waals surface area contributed by atoms with Gasteiger partial charge in [-0.05, 0) is 80.4 Å². The van der Waals surface area contributed by atoms with Crippen LogP contribution in [0.4, 0.5) is 0 Å². The molecule has 2 aliphatic carbocycles. The third kappa shape index (κ3) is 7.95. The SMILES string of the molecule is CCCCCCCC1CCC2C[C@H](C(=O)Oc3ccc(CCCCC)cc3)CC[C@@H]2C1. The number of hydrogen-bond donors (Lipinski definition) is 0. The molecule has 0 heterocycles. The van der Waals surface area contributed by atoms with Crippen LogP contribution in [0.5, 0.6) is 5.75 Å². The Hall–Kier alpha value is -1.31. The van der Waals surface area contributed by atoms with Crippen LogP contribution in [-0.4, -0.2) is 5.97 Å². The summed E-state index contributed by atoms with van der Waals surface area (Å²) in [6, 6.07) is 8.21. The van der Waals surface area contributed by atoms with Crippen LogP contribution in [0.1, 0.15) is 116 Å². The van der Waals surface area contributed by atoms with Gasteiger partial charge in [-0.1, -0.05) is 83.8 Å². The molecule has 0 aromatic heterocycles. The lowest BCUT2D eigenvalue weighted by molar-refractivity contribution is -0.141. The first kappa shape index (κ1) is 24.3. The topological polar surface area (TPSA) is 26.3 Å². The highest BCUT2D eigenvalue weighted by atomic mass is 16.5. The van der Waals surface area contributed by atoms with Crippen LogP contribution >= 0.6 is 0 Å². The molecule has 0 bridgehead atoms. The van der Waals surface area contributed by atoms with Crippen LogP contribution in [0.25, 0.3) is 0 Å². The summed E-state index contributed by atoms with van der Waals surface area (Å²) < 4.78 is 5.78. The van der Waals surface area contributed by atoms with Crippen molar-refractivity contribution >= 4 is 5.97 Å². The first-order chi connectivity index (χ1) is 15.2. The molecule has 2 fully saturated rings. The Morgan fingerprint density at radius 2 is 1.48 bits per heavy atom. The summed E-state index contributed by atoms with van der Waals surface area (Å²) in [5.74, 6) is 3.40. The molecule has 1 aromatic rings. The number of carbonyl (C=O) groups excluding carboxylic acids is 1. The monoisotopic (exact) mass is 426 g/mol. The molecule has 2 heteroatoms. The lowest BCUT2D eigenvalue weighted by Gasteiger charge is -2.41. The molecule has 2 aliphatic rings. The van der Waals surface area contributed by atoms with E-state index in [1.807, 2.05) is 12.1 Å². The Kier molecular flexibility index (Phi) is 10.4. The van der Waals surface area contributed by atoms with Gasteiger partial charge in [-0.15, -0.1) is 0 Å². The van der Waals surface area contributed by atoms with Gasteiger partial charge in [0.1, 0.15) is 5.75 Å². The zero-order chi connectivity index (χ0) is 21.9. The molecule has 1 aromatic carbocycles. The number of benzene rings is 1. The summed E-state index contributed by atoms with van der Waals surface area (Å²) in [5, 5.41) is 0. The Morgan fingerprint density at radius 1 is 0.806 bits per heavy atom. The third-order valence-corrected chi connectivity index (χ3v) is 7.98. The summed E-state index contributed by atoms with van der Waals surface area (Å²) in [6.07, 6.45) is 20.8. The molecular formula is C29H46O2. The van der Waals surface area contributed by atoms with Crippen molar-refractivity contribution < 1.29 is 9.53 Å². The van der Waals surface area contributed by atoms with E-state index < -0.39 is 0 Å². The van der Waals surface area contributed by atoms with Crippen molar-refractivity contribution in [1.82, 2.24) is 0 Å². The zero-order valence-corrected chi connectivity index (χ0v) is 20.2. The normalized spacial score (nSPS) is 25.7. The maximum absolute atomic E-state index is 12.8. The Morgan fingerprint density at radius 3 is 2.26 bits per heavy atom. The quantitative estimate of drug-likeness (QED) is 0.190. The van der Waals surface area contributed by atoms with E-state index in [1.165, 1.54) is 89.0 Å². The fraction of sp³-hybridized carbons (Fsp3) is 0.759. The van der Waals surface area contributed by atoms with Crippen LogP contribution < -0.4 is 4.74 Å². The summed E-state index contributed by atoms with van der Waals surface area (Å²) in [7, 11) is 0. The van der Waals surface area contributed by atoms with Gasteiger partial charge in [-0.3, -0.25) is 4.79 Å². The number of carbonyl (C=O) groups is 1. The minimum atomic E-state index is 0.00947. The summed E-state index contributed by atoms with van der Waals surface area (Å²) in [4.78, 5) is 12.8. The van der Waals surface area contributed by atoms with Gasteiger partial charge in [0.2, 0.25) is 0 Å². The van der Waals surface area contributed by atoms with Crippen molar-refractivity contribution in [2.75, 3.05) is 0 Å². The molecule has 174 valence electrons. The predicted molar refractivity (Wildman–Crippen MR) is 130 cm³/mol.